The van der Waals surface area contributed by atoms with Gasteiger partial charge in [0.2, 0.25) is 0 Å². The van der Waals surface area contributed by atoms with E-state index in [9.17, 15) is 31.5 Å². The summed E-state index contributed by atoms with van der Waals surface area (Å²) >= 11 is 6.29. The molecule has 1 N–H and O–H groups in total. The zero-order chi connectivity index (χ0) is 26.2. The molecule has 4 rings (SSSR count). The number of methoxy groups -OCH3 is 1. The highest BCUT2D eigenvalue weighted by atomic mass is 35.5. The Labute approximate surface area is 204 Å². The minimum atomic E-state index is -4.77. The Hall–Kier alpha value is -4.12. The van der Waals surface area contributed by atoms with Gasteiger partial charge in [-0.3, -0.25) is 9.20 Å². The van der Waals surface area contributed by atoms with Crippen LogP contribution in [-0.4, -0.2) is 23.6 Å². The number of aromatic nitrogens is 1. The van der Waals surface area contributed by atoms with E-state index in [1.807, 2.05) is 0 Å². The molecule has 2 aromatic heterocycles. The molecule has 186 valence electrons. The first-order valence-corrected chi connectivity index (χ1v) is 10.4. The van der Waals surface area contributed by atoms with Crippen LogP contribution >= 0.6 is 11.6 Å². The molecule has 1 amide bonds. The van der Waals surface area contributed by atoms with Gasteiger partial charge >= 0.3 is 12.3 Å². The molecule has 4 aromatic rings. The molecule has 0 fully saturated rings. The van der Waals surface area contributed by atoms with Crippen molar-refractivity contribution in [2.75, 3.05) is 12.4 Å². The second-order valence-electron chi connectivity index (χ2n) is 7.34. The summed E-state index contributed by atoms with van der Waals surface area (Å²) in [4.78, 5) is 23.8. The molecule has 0 aliphatic rings. The number of benzene rings is 2. The number of alkyl halides is 3. The highest BCUT2D eigenvalue weighted by Crippen LogP contribution is 2.42. The van der Waals surface area contributed by atoms with Gasteiger partial charge in [-0.15, -0.1) is 0 Å². The number of pyridine rings is 1. The van der Waals surface area contributed by atoms with Crippen molar-refractivity contribution in [2.45, 2.75) is 6.18 Å². The predicted molar refractivity (Wildman–Crippen MR) is 120 cm³/mol. The number of anilines is 1. The van der Waals surface area contributed by atoms with Gasteiger partial charge in [0.25, 0.3) is 5.91 Å². The predicted octanol–water partition coefficient (Wildman–Crippen LogP) is 6.95. The number of ether oxygens (including phenoxy) is 2. The minimum absolute atomic E-state index is 0.0366. The van der Waals surface area contributed by atoms with Crippen LogP contribution in [0.2, 0.25) is 5.15 Å². The quantitative estimate of drug-likeness (QED) is 0.178. The lowest BCUT2D eigenvalue weighted by atomic mass is 10.1. The molecule has 12 heteroatoms. The SMILES string of the molecule is COC(=O)Oc1ccc2cc(C(F)(F)F)c(-c3ccc(NC(=O)c4c(F)cccc4F)cc3)n2c1Cl. The molecule has 0 radical (unpaired) electrons. The molecule has 6 nitrogen and oxygen atoms in total. The van der Waals surface area contributed by atoms with E-state index in [1.54, 1.807) is 0 Å². The summed E-state index contributed by atoms with van der Waals surface area (Å²) in [7, 11) is 1.05. The fourth-order valence-electron chi connectivity index (χ4n) is 3.53. The lowest BCUT2D eigenvalue weighted by Gasteiger charge is -2.13. The summed E-state index contributed by atoms with van der Waals surface area (Å²) in [6, 6.07) is 11.3. The number of hydrogen-bond acceptors (Lipinski definition) is 4. The number of hydrogen-bond donors (Lipinski definition) is 1. The second-order valence-corrected chi connectivity index (χ2v) is 7.70. The third kappa shape index (κ3) is 4.69. The highest BCUT2D eigenvalue weighted by Gasteiger charge is 2.37. The number of nitrogens with zero attached hydrogens (tertiary/aromatic N) is 1. The first-order chi connectivity index (χ1) is 17.0. The lowest BCUT2D eigenvalue weighted by Crippen LogP contribution is -2.15. The van der Waals surface area contributed by atoms with Crippen molar-refractivity contribution in [2.24, 2.45) is 0 Å². The Morgan fingerprint density at radius 2 is 1.61 bits per heavy atom. The molecular weight excluding hydrogens is 511 g/mol. The van der Waals surface area contributed by atoms with Crippen molar-refractivity contribution in [1.29, 1.82) is 0 Å². The molecular formula is C24H14ClF5N2O4. The van der Waals surface area contributed by atoms with E-state index in [1.165, 1.54) is 36.4 Å². The molecule has 2 heterocycles. The normalized spacial score (nSPS) is 11.4. The number of carbonyl (C=O) groups is 2. The summed E-state index contributed by atoms with van der Waals surface area (Å²) in [5.41, 5.74) is -2.02. The van der Waals surface area contributed by atoms with Crippen LogP contribution in [0.25, 0.3) is 16.8 Å². The van der Waals surface area contributed by atoms with Gasteiger partial charge in [0.15, 0.2) is 10.9 Å². The number of amides is 1. The van der Waals surface area contributed by atoms with Crippen LogP contribution in [-0.2, 0) is 10.9 Å². The Bertz CT molecular complexity index is 1460. The summed E-state index contributed by atoms with van der Waals surface area (Å²) in [6.45, 7) is 0. The summed E-state index contributed by atoms with van der Waals surface area (Å²) in [6.07, 6.45) is -5.89. The number of carbonyl (C=O) groups excluding carboxylic acids is 2. The fraction of sp³-hybridized carbons (Fsp3) is 0.0833. The second kappa shape index (κ2) is 9.50. The van der Waals surface area contributed by atoms with Gasteiger partial charge in [-0.25, -0.2) is 13.6 Å². The van der Waals surface area contributed by atoms with Gasteiger partial charge in [-0.05, 0) is 48.0 Å². The van der Waals surface area contributed by atoms with Gasteiger partial charge in [0.05, 0.1) is 18.4 Å². The van der Waals surface area contributed by atoms with E-state index >= 15 is 0 Å². The number of halogens is 6. The molecule has 0 unspecified atom stereocenters. The molecule has 0 atom stereocenters. The molecule has 2 aromatic carbocycles. The largest absolute Gasteiger partial charge is 0.513 e. The van der Waals surface area contributed by atoms with Crippen molar-refractivity contribution >= 4 is 34.9 Å². The highest BCUT2D eigenvalue weighted by molar-refractivity contribution is 6.31. The van der Waals surface area contributed by atoms with Gasteiger partial charge in [-0.1, -0.05) is 29.8 Å². The van der Waals surface area contributed by atoms with E-state index in [2.05, 4.69) is 10.1 Å². The number of nitrogens with one attached hydrogen (secondary N) is 1. The Morgan fingerprint density at radius 1 is 0.972 bits per heavy atom. The maximum atomic E-state index is 13.9. The lowest BCUT2D eigenvalue weighted by molar-refractivity contribution is -0.137. The number of fused-ring (bicyclic) bond motifs is 1. The standard InChI is InChI=1S/C24H14ClF5N2O4/c1-35-23(34)36-18-10-9-14-11-15(24(28,29)30)20(32(14)21(18)25)12-5-7-13(8-6-12)31-22(33)19-16(26)3-2-4-17(19)27/h2-11H,1H3,(H,31,33). The van der Waals surface area contributed by atoms with Crippen LogP contribution in [0.4, 0.5) is 32.4 Å². The van der Waals surface area contributed by atoms with Gasteiger partial charge in [0, 0.05) is 11.2 Å². The van der Waals surface area contributed by atoms with E-state index in [-0.39, 0.29) is 33.4 Å². The van der Waals surface area contributed by atoms with Crippen molar-refractivity contribution in [3.8, 4) is 17.0 Å². The average Bonchev–Trinajstić information content (AvgIpc) is 3.22. The molecule has 0 saturated carbocycles. The average molecular weight is 525 g/mol. The first-order valence-electron chi connectivity index (χ1n) is 10.0. The van der Waals surface area contributed by atoms with Gasteiger partial charge in [-0.2, -0.15) is 13.2 Å². The zero-order valence-electron chi connectivity index (χ0n) is 18.1. The van der Waals surface area contributed by atoms with E-state index < -0.39 is 41.0 Å². The zero-order valence-corrected chi connectivity index (χ0v) is 18.9. The van der Waals surface area contributed by atoms with Crippen molar-refractivity contribution in [3.05, 3.63) is 88.6 Å². The molecule has 0 aliphatic heterocycles. The third-order valence-corrected chi connectivity index (χ3v) is 5.46. The Kier molecular flexibility index (Phi) is 6.59. The van der Waals surface area contributed by atoms with Crippen LogP contribution in [0.5, 0.6) is 5.75 Å². The van der Waals surface area contributed by atoms with Crippen LogP contribution in [0.1, 0.15) is 15.9 Å². The summed E-state index contributed by atoms with van der Waals surface area (Å²) in [5, 5.41) is 1.97. The van der Waals surface area contributed by atoms with Crippen molar-refractivity contribution in [1.82, 2.24) is 4.40 Å². The van der Waals surface area contributed by atoms with Crippen LogP contribution in [0.15, 0.2) is 60.7 Å². The maximum Gasteiger partial charge on any atom is 0.513 e. The van der Waals surface area contributed by atoms with Gasteiger partial charge < -0.3 is 14.8 Å². The van der Waals surface area contributed by atoms with Crippen molar-refractivity contribution in [3.63, 3.8) is 0 Å². The van der Waals surface area contributed by atoms with Crippen LogP contribution in [0, 0.1) is 11.6 Å². The van der Waals surface area contributed by atoms with Gasteiger partial charge in [0.1, 0.15) is 17.2 Å². The Morgan fingerprint density at radius 3 is 2.19 bits per heavy atom. The van der Waals surface area contributed by atoms with E-state index in [0.717, 1.165) is 35.8 Å². The first kappa shape index (κ1) is 25.0. The minimum Gasteiger partial charge on any atom is -0.437 e. The topological polar surface area (TPSA) is 69.0 Å². The van der Waals surface area contributed by atoms with E-state index in [0.29, 0.717) is 0 Å². The monoisotopic (exact) mass is 524 g/mol. The molecule has 0 bridgehead atoms. The number of rotatable bonds is 4. The molecule has 0 saturated heterocycles. The molecule has 0 aliphatic carbocycles. The molecule has 0 spiro atoms. The van der Waals surface area contributed by atoms with E-state index in [4.69, 9.17) is 16.3 Å². The summed E-state index contributed by atoms with van der Waals surface area (Å²) < 4.78 is 79.8. The maximum absolute atomic E-state index is 13.9. The smallest absolute Gasteiger partial charge is 0.437 e. The van der Waals surface area contributed by atoms with Crippen LogP contribution in [0.3, 0.4) is 0 Å². The van der Waals surface area contributed by atoms with Crippen LogP contribution < -0.4 is 10.1 Å². The van der Waals surface area contributed by atoms with Crippen molar-refractivity contribution < 1.29 is 41.0 Å². The molecule has 36 heavy (non-hydrogen) atoms. The third-order valence-electron chi connectivity index (χ3n) is 5.11. The fourth-order valence-corrected chi connectivity index (χ4v) is 3.82. The Balaban J connectivity index is 1.76. The summed E-state index contributed by atoms with van der Waals surface area (Å²) in [5.74, 6) is -3.45.